The van der Waals surface area contributed by atoms with Crippen LogP contribution in [-0.4, -0.2) is 124 Å². The second kappa shape index (κ2) is 43.4. The molecule has 10 nitrogen and oxygen atoms in total. The van der Waals surface area contributed by atoms with Gasteiger partial charge in [0.15, 0.2) is 0 Å². The van der Waals surface area contributed by atoms with Crippen LogP contribution < -0.4 is 20.1 Å². The summed E-state index contributed by atoms with van der Waals surface area (Å²) in [4.78, 5) is 24.8. The number of amides is 2. The maximum Gasteiger partial charge on any atom is 0.219 e. The van der Waals surface area contributed by atoms with E-state index in [1.54, 1.807) is 6.07 Å². The van der Waals surface area contributed by atoms with Crippen LogP contribution in [0.2, 0.25) is 0 Å². The summed E-state index contributed by atoms with van der Waals surface area (Å²) in [5, 5.41) is 27.8. The quantitative estimate of drug-likeness (QED) is 0.0382. The third-order valence-electron chi connectivity index (χ3n) is 13.6. The van der Waals surface area contributed by atoms with Crippen molar-refractivity contribution in [2.45, 2.75) is 244 Å². The van der Waals surface area contributed by atoms with Crippen LogP contribution in [0.1, 0.15) is 232 Å². The summed E-state index contributed by atoms with van der Waals surface area (Å²) < 4.78 is 13.2. The van der Waals surface area contributed by atoms with Crippen molar-refractivity contribution in [1.82, 2.24) is 10.6 Å². The molecule has 0 saturated carbocycles. The number of quaternary nitrogens is 2. The third kappa shape index (κ3) is 41.4. The number of hydrogen-bond donors (Lipinski definition) is 4. The Morgan fingerprint density at radius 3 is 1.03 bits per heavy atom. The monoisotopic (exact) mass is 961 g/mol. The molecule has 2 amide bonds. The number of carbonyl (C=O) groups is 2. The molecule has 1 aromatic rings. The van der Waals surface area contributed by atoms with Gasteiger partial charge in [0.2, 0.25) is 11.8 Å². The predicted molar refractivity (Wildman–Crippen MR) is 287 cm³/mol. The molecular weight excluding hydrogens is 849 g/mol. The molecule has 10 heteroatoms. The second-order valence-electron chi connectivity index (χ2n) is 21.9. The summed E-state index contributed by atoms with van der Waals surface area (Å²) in [6, 6.07) is 7.34. The van der Waals surface area contributed by atoms with Crippen molar-refractivity contribution in [2.75, 3.05) is 80.7 Å². The van der Waals surface area contributed by atoms with Crippen molar-refractivity contribution in [3.63, 3.8) is 0 Å². The fraction of sp³-hybridized carbons (Fsp3) is 0.862. The first kappa shape index (κ1) is 63.6. The van der Waals surface area contributed by atoms with E-state index >= 15 is 0 Å². The van der Waals surface area contributed by atoms with Gasteiger partial charge in [-0.1, -0.05) is 200 Å². The van der Waals surface area contributed by atoms with Gasteiger partial charge in [0.05, 0.1) is 41.3 Å². The highest BCUT2D eigenvalue weighted by Gasteiger charge is 2.23. The summed E-state index contributed by atoms with van der Waals surface area (Å²) in [6.45, 7) is 8.95. The fourth-order valence-electron chi connectivity index (χ4n) is 9.43. The molecule has 1 rings (SSSR count). The molecule has 398 valence electrons. The Morgan fingerprint density at radius 2 is 0.735 bits per heavy atom. The Kier molecular flexibility index (Phi) is 40.6. The number of aliphatic hydroxyl groups excluding tert-OH is 2. The van der Waals surface area contributed by atoms with Gasteiger partial charge in [0, 0.05) is 44.8 Å². The third-order valence-corrected chi connectivity index (χ3v) is 13.6. The second-order valence-corrected chi connectivity index (χ2v) is 21.9. The SMILES string of the molecule is CCCCCCCCCCCCCCCCCC(=O)NCCC[N+](C)(C)CC(O)COc1cccc(OCC(O)C[N+](C)(C)CCCNC(=O)CCCCCCCCCCCCCCCCC)c1. The van der Waals surface area contributed by atoms with E-state index in [2.05, 4.69) is 52.7 Å². The average Bonchev–Trinajstić information content (AvgIpc) is 3.30. The van der Waals surface area contributed by atoms with Gasteiger partial charge in [-0.25, -0.2) is 0 Å². The lowest BCUT2D eigenvalue weighted by atomic mass is 10.0. The van der Waals surface area contributed by atoms with Gasteiger partial charge in [0.25, 0.3) is 0 Å². The Hall–Kier alpha value is -2.40. The smallest absolute Gasteiger partial charge is 0.219 e. The topological polar surface area (TPSA) is 117 Å². The number of unbranched alkanes of at least 4 members (excludes halogenated alkanes) is 28. The molecule has 4 N–H and O–H groups in total. The van der Waals surface area contributed by atoms with E-state index < -0.39 is 12.2 Å². The standard InChI is InChI=1S/C58H110N4O6/c1-7-9-11-13-15-17-19-21-23-25-27-29-31-33-35-42-57(65)59-44-38-46-61(3,4)49-53(63)51-67-55-40-37-41-56(48-55)68-52-54(64)50-62(5,6)47-39-45-60-58(66)43-36-34-32-30-28-26-24-22-20-18-16-14-12-10-8-2/h37,40-41,48,53-54,63-64H,7-36,38-39,42-47,49-52H2,1-6H3/p+2. The van der Waals surface area contributed by atoms with Crippen LogP contribution in [0.15, 0.2) is 24.3 Å². The van der Waals surface area contributed by atoms with Crippen LogP contribution in [0.4, 0.5) is 0 Å². The molecular formula is C58H112N4O6+2. The normalized spacial score (nSPS) is 12.8. The molecule has 0 radical (unpaired) electrons. The van der Waals surface area contributed by atoms with Gasteiger partial charge in [-0.05, 0) is 25.0 Å². The summed E-state index contributed by atoms with van der Waals surface area (Å²) in [5.41, 5.74) is 0. The Bertz CT molecular complexity index is 1220. The summed E-state index contributed by atoms with van der Waals surface area (Å²) in [6.07, 6.45) is 41.4. The molecule has 0 aromatic heterocycles. The summed E-state index contributed by atoms with van der Waals surface area (Å²) >= 11 is 0. The highest BCUT2D eigenvalue weighted by molar-refractivity contribution is 5.76. The first-order chi connectivity index (χ1) is 32.9. The van der Waals surface area contributed by atoms with Crippen molar-refractivity contribution < 1.29 is 38.2 Å². The summed E-state index contributed by atoms with van der Waals surface area (Å²) in [7, 11) is 8.39. The van der Waals surface area contributed by atoms with Gasteiger partial charge in [-0.2, -0.15) is 0 Å². The van der Waals surface area contributed by atoms with Gasteiger partial charge >= 0.3 is 0 Å². The Balaban J connectivity index is 2.09. The zero-order valence-electron chi connectivity index (χ0n) is 45.6. The van der Waals surface area contributed by atoms with Crippen LogP contribution in [0.25, 0.3) is 0 Å². The Morgan fingerprint density at radius 1 is 0.456 bits per heavy atom. The molecule has 68 heavy (non-hydrogen) atoms. The lowest BCUT2D eigenvalue weighted by Gasteiger charge is -2.32. The number of nitrogens with zero attached hydrogens (tertiary/aromatic N) is 2. The van der Waals surface area contributed by atoms with Gasteiger partial charge < -0.3 is 39.3 Å². The van der Waals surface area contributed by atoms with Crippen LogP contribution in [0, 0.1) is 0 Å². The first-order valence-electron chi connectivity index (χ1n) is 28.7. The number of benzene rings is 1. The van der Waals surface area contributed by atoms with Crippen molar-refractivity contribution in [1.29, 1.82) is 0 Å². The van der Waals surface area contributed by atoms with Crippen LogP contribution in [0.5, 0.6) is 11.5 Å². The van der Waals surface area contributed by atoms with E-state index in [9.17, 15) is 19.8 Å². The van der Waals surface area contributed by atoms with E-state index in [0.29, 0.717) is 59.5 Å². The minimum absolute atomic E-state index is 0.149. The van der Waals surface area contributed by atoms with Crippen molar-refractivity contribution >= 4 is 11.8 Å². The largest absolute Gasteiger partial charge is 0.491 e. The molecule has 0 spiro atoms. The van der Waals surface area contributed by atoms with Crippen molar-refractivity contribution in [2.24, 2.45) is 0 Å². The molecule has 2 unspecified atom stereocenters. The molecule has 0 fully saturated rings. The fourth-order valence-corrected chi connectivity index (χ4v) is 9.43. The Labute approximate surface area is 420 Å². The van der Waals surface area contributed by atoms with Crippen molar-refractivity contribution in [3.05, 3.63) is 24.3 Å². The zero-order chi connectivity index (χ0) is 49.8. The molecule has 0 heterocycles. The zero-order valence-corrected chi connectivity index (χ0v) is 45.6. The lowest BCUT2D eigenvalue weighted by molar-refractivity contribution is -0.893. The minimum atomic E-state index is -0.650. The van der Waals surface area contributed by atoms with Crippen LogP contribution >= 0.6 is 0 Å². The number of likely N-dealkylation sites (N-methyl/N-ethyl adjacent to an activating group) is 2. The number of hydrogen-bond acceptors (Lipinski definition) is 6. The van der Waals surface area contributed by atoms with E-state index in [4.69, 9.17) is 9.47 Å². The molecule has 0 bridgehead atoms. The van der Waals surface area contributed by atoms with Crippen LogP contribution in [-0.2, 0) is 9.59 Å². The van der Waals surface area contributed by atoms with E-state index in [1.165, 1.54) is 167 Å². The molecule has 0 aliphatic heterocycles. The molecule has 1 aromatic carbocycles. The molecule has 2 atom stereocenters. The predicted octanol–water partition coefficient (Wildman–Crippen LogP) is 12.9. The van der Waals surface area contributed by atoms with Gasteiger partial charge in [-0.15, -0.1) is 0 Å². The van der Waals surface area contributed by atoms with Crippen LogP contribution in [0.3, 0.4) is 0 Å². The maximum atomic E-state index is 12.4. The number of ether oxygens (including phenoxy) is 2. The highest BCUT2D eigenvalue weighted by Crippen LogP contribution is 2.21. The first-order valence-corrected chi connectivity index (χ1v) is 28.7. The van der Waals surface area contributed by atoms with E-state index in [-0.39, 0.29) is 25.0 Å². The van der Waals surface area contributed by atoms with E-state index in [0.717, 1.165) is 51.6 Å². The molecule has 0 aliphatic carbocycles. The maximum absolute atomic E-state index is 12.4. The minimum Gasteiger partial charge on any atom is -0.491 e. The van der Waals surface area contributed by atoms with Crippen molar-refractivity contribution in [3.8, 4) is 11.5 Å². The van der Waals surface area contributed by atoms with Gasteiger partial charge in [0.1, 0.15) is 50.0 Å². The molecule has 0 aliphatic rings. The lowest BCUT2D eigenvalue weighted by Crippen LogP contribution is -2.48. The number of rotatable bonds is 50. The molecule has 0 saturated heterocycles. The number of carbonyl (C=O) groups excluding carboxylic acids is 2. The number of aliphatic hydroxyl groups is 2. The summed E-state index contributed by atoms with van der Waals surface area (Å²) in [5.74, 6) is 1.51. The number of nitrogens with one attached hydrogen (secondary N) is 2. The average molecular weight is 962 g/mol. The van der Waals surface area contributed by atoms with E-state index in [1.807, 2.05) is 18.2 Å². The highest BCUT2D eigenvalue weighted by atomic mass is 16.5. The van der Waals surface area contributed by atoms with Gasteiger partial charge in [-0.3, -0.25) is 9.59 Å².